The second-order valence-electron chi connectivity index (χ2n) is 3.55. The molecule has 0 amide bonds. The number of guanidine groups is 1. The minimum atomic E-state index is -2.26. The van der Waals surface area contributed by atoms with E-state index in [0.717, 1.165) is 4.90 Å². The van der Waals surface area contributed by atoms with Crippen molar-refractivity contribution in [1.29, 1.82) is 0 Å². The number of aliphatic imine (C=N–C) groups is 2. The van der Waals surface area contributed by atoms with Gasteiger partial charge in [0.25, 0.3) is 0 Å². The van der Waals surface area contributed by atoms with E-state index in [9.17, 15) is 10.2 Å². The summed E-state index contributed by atoms with van der Waals surface area (Å²) in [6.07, 6.45) is -7.10. The average molecular weight is 244 g/mol. The van der Waals surface area contributed by atoms with Crippen LogP contribution < -0.4 is 5.73 Å². The van der Waals surface area contributed by atoms with Crippen molar-refractivity contribution in [3.63, 3.8) is 0 Å². The highest BCUT2D eigenvalue weighted by Crippen LogP contribution is 2.26. The number of hydrogen-bond donors (Lipinski definition) is 4. The lowest BCUT2D eigenvalue weighted by Gasteiger charge is -2.29. The van der Waals surface area contributed by atoms with Gasteiger partial charge in [-0.15, -0.1) is 0 Å². The fourth-order valence-electron chi connectivity index (χ4n) is 1.52. The Morgan fingerprint density at radius 3 is 2.88 bits per heavy atom. The van der Waals surface area contributed by atoms with Crippen LogP contribution in [0.3, 0.4) is 0 Å². The van der Waals surface area contributed by atoms with Gasteiger partial charge in [0.15, 0.2) is 6.20 Å². The molecule has 2 rings (SSSR count). The van der Waals surface area contributed by atoms with E-state index in [1.807, 2.05) is 0 Å². The largest absolute Gasteiger partial charge is 0.394 e. The van der Waals surface area contributed by atoms with Gasteiger partial charge in [0.2, 0.25) is 5.96 Å². The van der Waals surface area contributed by atoms with Crippen molar-refractivity contribution in [2.45, 2.75) is 24.5 Å². The fraction of sp³-hybridized carbons (Fsp3) is 0.556. The Hall–Kier alpha value is -1.48. The highest BCUT2D eigenvalue weighted by atomic mass is 16.6. The van der Waals surface area contributed by atoms with Gasteiger partial charge in [-0.2, -0.15) is 4.99 Å². The summed E-state index contributed by atoms with van der Waals surface area (Å²) < 4.78 is 20.8. The number of aliphatic hydroxyl groups is 3. The maximum absolute atomic E-state index is 9.90. The number of ether oxygens (including phenoxy) is 1. The van der Waals surface area contributed by atoms with Crippen LogP contribution in [-0.4, -0.2) is 63.6 Å². The Labute approximate surface area is 100 Å². The van der Waals surface area contributed by atoms with Gasteiger partial charge in [-0.1, -0.05) is 6.58 Å². The van der Waals surface area contributed by atoms with Crippen LogP contribution >= 0.6 is 0 Å². The van der Waals surface area contributed by atoms with Crippen LogP contribution in [0.5, 0.6) is 0 Å². The van der Waals surface area contributed by atoms with Gasteiger partial charge in [-0.25, -0.2) is 4.99 Å². The lowest BCUT2D eigenvalue weighted by Crippen LogP contribution is -2.44. The molecule has 0 aromatic heterocycles. The first-order valence-corrected chi connectivity index (χ1v) is 4.84. The van der Waals surface area contributed by atoms with Crippen LogP contribution in [-0.2, 0) is 4.74 Å². The number of aliphatic hydroxyl groups excluding tert-OH is 3. The molecule has 0 spiro atoms. The minimum absolute atomic E-state index is 0.127. The number of hydrogen-bond acceptors (Lipinski definition) is 8. The van der Waals surface area contributed by atoms with Crippen molar-refractivity contribution < 1.29 is 22.8 Å². The first kappa shape index (κ1) is 9.54. The second-order valence-corrected chi connectivity index (χ2v) is 3.55. The normalized spacial score (nSPS) is 44.1. The van der Waals surface area contributed by atoms with Crippen molar-refractivity contribution in [1.82, 2.24) is 4.90 Å². The zero-order valence-electron chi connectivity index (χ0n) is 10.8. The predicted octanol–water partition coefficient (Wildman–Crippen LogP) is -2.44. The number of nitrogens with zero attached hydrogens (tertiary/aromatic N) is 3. The molecule has 0 saturated carbocycles. The third-order valence-corrected chi connectivity index (χ3v) is 2.40. The molecular formula is C9H14N4O4. The smallest absolute Gasteiger partial charge is 0.223 e. The van der Waals surface area contributed by atoms with E-state index < -0.39 is 37.4 Å². The molecule has 1 unspecified atom stereocenters. The zero-order valence-corrected chi connectivity index (χ0v) is 8.82. The summed E-state index contributed by atoms with van der Waals surface area (Å²) in [5.41, 5.74) is 5.34. The topological polar surface area (TPSA) is 124 Å². The van der Waals surface area contributed by atoms with Crippen molar-refractivity contribution in [2.24, 2.45) is 15.7 Å². The van der Waals surface area contributed by atoms with E-state index in [4.69, 9.17) is 18.3 Å². The second kappa shape index (κ2) is 4.41. The third-order valence-electron chi connectivity index (χ3n) is 2.40. The van der Waals surface area contributed by atoms with E-state index >= 15 is 0 Å². The fourth-order valence-corrected chi connectivity index (χ4v) is 1.52. The van der Waals surface area contributed by atoms with Crippen molar-refractivity contribution in [2.75, 3.05) is 6.61 Å². The Morgan fingerprint density at radius 1 is 1.65 bits per heavy atom. The maximum Gasteiger partial charge on any atom is 0.223 e. The molecule has 2 heterocycles. The maximum atomic E-state index is 9.90. The van der Waals surface area contributed by atoms with Crippen LogP contribution in [0.25, 0.3) is 0 Å². The first-order chi connectivity index (χ1) is 8.81. The molecule has 5 N–H and O–H groups in total. The van der Waals surface area contributed by atoms with Crippen LogP contribution in [0.15, 0.2) is 22.4 Å². The lowest BCUT2D eigenvalue weighted by atomic mass is 10.1. The van der Waals surface area contributed by atoms with E-state index in [2.05, 4.69) is 16.6 Å². The summed E-state index contributed by atoms with van der Waals surface area (Å²) in [5, 5.41) is 28.6. The van der Waals surface area contributed by atoms with Crippen LogP contribution in [0.1, 0.15) is 2.74 Å². The van der Waals surface area contributed by atoms with Crippen LogP contribution in [0, 0.1) is 0 Å². The molecule has 8 nitrogen and oxygen atoms in total. The number of amidine groups is 1. The van der Waals surface area contributed by atoms with Crippen LogP contribution in [0.2, 0.25) is 0 Å². The van der Waals surface area contributed by atoms with Gasteiger partial charge in [0.1, 0.15) is 31.8 Å². The molecule has 94 valence electrons. The zero-order chi connectivity index (χ0) is 14.4. The standard InChI is InChI=1S/C9H14N4O4/c1-4-12-9(10)11-3-13(4)8-7(16)6(15)5(2-14)17-8/h3,5-8,14-16H,1-2H2,(H2,10,12)/t5-,6+,7?,8-/m1/s1/i3D,8D. The summed E-state index contributed by atoms with van der Waals surface area (Å²) in [7, 11) is 0. The number of rotatable bonds is 2. The van der Waals surface area contributed by atoms with Crippen LogP contribution in [0.4, 0.5) is 0 Å². The van der Waals surface area contributed by atoms with Gasteiger partial charge in [-0.05, 0) is 0 Å². The van der Waals surface area contributed by atoms with Gasteiger partial charge in [0.05, 0.1) is 7.98 Å². The molecule has 0 radical (unpaired) electrons. The summed E-state index contributed by atoms with van der Waals surface area (Å²) in [6.45, 7) is 2.91. The molecule has 0 aromatic carbocycles. The Kier molecular flexibility index (Phi) is 2.48. The van der Waals surface area contributed by atoms with E-state index in [1.165, 1.54) is 0 Å². The molecule has 0 aliphatic carbocycles. The predicted molar refractivity (Wildman–Crippen MR) is 58.9 cm³/mol. The summed E-state index contributed by atoms with van der Waals surface area (Å²) in [4.78, 5) is 8.00. The highest BCUT2D eigenvalue weighted by Gasteiger charge is 2.45. The van der Waals surface area contributed by atoms with E-state index in [0.29, 0.717) is 0 Å². The van der Waals surface area contributed by atoms with Crippen molar-refractivity contribution >= 4 is 12.3 Å². The van der Waals surface area contributed by atoms with E-state index in [1.54, 1.807) is 0 Å². The molecule has 17 heavy (non-hydrogen) atoms. The van der Waals surface area contributed by atoms with Crippen molar-refractivity contribution in [3.8, 4) is 0 Å². The Morgan fingerprint density at radius 2 is 2.35 bits per heavy atom. The van der Waals surface area contributed by atoms with E-state index in [-0.39, 0.29) is 11.8 Å². The lowest BCUT2D eigenvalue weighted by molar-refractivity contribution is -0.0607. The molecule has 8 heteroatoms. The molecule has 1 saturated heterocycles. The SMILES string of the molecule is [2H]C1=NC(N)=NC(=C)N1[C@]1([2H])O[C@H](CO)[C@H](O)C1O. The molecule has 1 fully saturated rings. The Bertz CT molecular complexity index is 471. The van der Waals surface area contributed by atoms with Gasteiger partial charge in [-0.3, -0.25) is 4.90 Å². The molecule has 0 aromatic rings. The van der Waals surface area contributed by atoms with Gasteiger partial charge < -0.3 is 25.8 Å². The first-order valence-electron chi connectivity index (χ1n) is 5.84. The average Bonchev–Trinajstić information content (AvgIpc) is 2.53. The molecular weight excluding hydrogens is 228 g/mol. The molecule has 0 bridgehead atoms. The highest BCUT2D eigenvalue weighted by molar-refractivity contribution is 5.89. The minimum Gasteiger partial charge on any atom is -0.394 e. The summed E-state index contributed by atoms with van der Waals surface area (Å²) in [6, 6.07) is 0. The quantitative estimate of drug-likeness (QED) is 0.427. The monoisotopic (exact) mass is 244 g/mol. The summed E-state index contributed by atoms with van der Waals surface area (Å²) >= 11 is 0. The number of nitrogens with two attached hydrogens (primary N) is 1. The molecule has 2 aliphatic rings. The molecule has 2 aliphatic heterocycles. The molecule has 4 atom stereocenters. The van der Waals surface area contributed by atoms with Gasteiger partial charge >= 0.3 is 0 Å². The Balaban J connectivity index is 2.36. The van der Waals surface area contributed by atoms with Crippen molar-refractivity contribution in [3.05, 3.63) is 12.4 Å². The summed E-state index contributed by atoms with van der Waals surface area (Å²) in [5.74, 6) is -0.334. The third kappa shape index (κ3) is 2.03. The van der Waals surface area contributed by atoms with Gasteiger partial charge in [0, 0.05) is 0 Å².